The van der Waals surface area contributed by atoms with Gasteiger partial charge in [0.1, 0.15) is 0 Å². The fourth-order valence-electron chi connectivity index (χ4n) is 2.99. The van der Waals surface area contributed by atoms with Gasteiger partial charge < -0.3 is 10.4 Å². The van der Waals surface area contributed by atoms with Gasteiger partial charge in [-0.1, -0.05) is 54.6 Å². The molecule has 0 heterocycles. The molecule has 1 amide bonds. The first-order valence-corrected chi connectivity index (χ1v) is 7.78. The monoisotopic (exact) mass is 309 g/mol. The van der Waals surface area contributed by atoms with Crippen LogP contribution in [0.2, 0.25) is 0 Å². The van der Waals surface area contributed by atoms with Gasteiger partial charge in [0.25, 0.3) is 0 Å². The number of hydrogen-bond acceptors (Lipinski definition) is 3. The lowest BCUT2D eigenvalue weighted by Gasteiger charge is -2.17. The summed E-state index contributed by atoms with van der Waals surface area (Å²) in [4.78, 5) is 24.1. The highest BCUT2D eigenvalue weighted by molar-refractivity contribution is 5.97. The molecule has 2 unspecified atom stereocenters. The lowest BCUT2D eigenvalue weighted by Crippen LogP contribution is -2.34. The highest BCUT2D eigenvalue weighted by Crippen LogP contribution is 2.31. The molecule has 4 nitrogen and oxygen atoms in total. The zero-order chi connectivity index (χ0) is 16.2. The number of ketones is 1. The number of carbonyl (C=O) groups is 2. The fraction of sp³-hybridized carbons (Fsp3) is 0.263. The van der Waals surface area contributed by atoms with E-state index in [0.29, 0.717) is 12.0 Å². The van der Waals surface area contributed by atoms with Crippen molar-refractivity contribution in [2.45, 2.75) is 31.4 Å². The van der Waals surface area contributed by atoms with Crippen LogP contribution in [-0.2, 0) is 11.2 Å². The smallest absolute Gasteiger partial charge is 0.221 e. The highest BCUT2D eigenvalue weighted by Gasteiger charge is 2.31. The standard InChI is InChI=1S/C19H19NO3/c21-16(13-6-2-1-3-7-13)10-11-18(23)20-19-15-9-5-4-8-14(15)12-17(19)22/h1-9,17,19,22H,10-12H2,(H,20,23). The number of aliphatic hydroxyl groups excluding tert-OH is 1. The summed E-state index contributed by atoms with van der Waals surface area (Å²) < 4.78 is 0. The molecule has 118 valence electrons. The molecule has 0 spiro atoms. The van der Waals surface area contributed by atoms with Gasteiger partial charge >= 0.3 is 0 Å². The predicted octanol–water partition coefficient (Wildman–Crippen LogP) is 2.42. The molecule has 0 aromatic heterocycles. The zero-order valence-electron chi connectivity index (χ0n) is 12.7. The van der Waals surface area contributed by atoms with Crippen molar-refractivity contribution >= 4 is 11.7 Å². The first-order chi connectivity index (χ1) is 11.1. The van der Waals surface area contributed by atoms with Gasteiger partial charge in [0, 0.05) is 24.8 Å². The van der Waals surface area contributed by atoms with E-state index in [2.05, 4.69) is 5.32 Å². The van der Waals surface area contributed by atoms with Crippen molar-refractivity contribution < 1.29 is 14.7 Å². The highest BCUT2D eigenvalue weighted by atomic mass is 16.3. The van der Waals surface area contributed by atoms with Crippen molar-refractivity contribution in [1.29, 1.82) is 0 Å². The van der Waals surface area contributed by atoms with E-state index in [9.17, 15) is 14.7 Å². The quantitative estimate of drug-likeness (QED) is 0.834. The van der Waals surface area contributed by atoms with E-state index in [4.69, 9.17) is 0 Å². The van der Waals surface area contributed by atoms with Crippen LogP contribution < -0.4 is 5.32 Å². The third-order valence-corrected chi connectivity index (χ3v) is 4.20. The van der Waals surface area contributed by atoms with Crippen molar-refractivity contribution in [1.82, 2.24) is 5.32 Å². The number of fused-ring (bicyclic) bond motifs is 1. The first kappa shape index (κ1) is 15.4. The third-order valence-electron chi connectivity index (χ3n) is 4.20. The molecule has 0 bridgehead atoms. The van der Waals surface area contributed by atoms with Crippen molar-refractivity contribution in [3.63, 3.8) is 0 Å². The van der Waals surface area contributed by atoms with Crippen molar-refractivity contribution in [3.05, 3.63) is 71.3 Å². The van der Waals surface area contributed by atoms with Crippen molar-refractivity contribution in [2.75, 3.05) is 0 Å². The summed E-state index contributed by atoms with van der Waals surface area (Å²) in [6.45, 7) is 0. The average Bonchev–Trinajstić information content (AvgIpc) is 2.89. The second kappa shape index (κ2) is 6.75. The molecule has 23 heavy (non-hydrogen) atoms. The Morgan fingerprint density at radius 1 is 1.00 bits per heavy atom. The number of Topliss-reactive ketones (excluding diaryl/α,β-unsaturated/α-hetero) is 1. The predicted molar refractivity (Wildman–Crippen MR) is 87.0 cm³/mol. The number of amides is 1. The Kier molecular flexibility index (Phi) is 4.53. The van der Waals surface area contributed by atoms with Crippen LogP contribution in [0.3, 0.4) is 0 Å². The minimum atomic E-state index is -0.610. The molecule has 0 radical (unpaired) electrons. The van der Waals surface area contributed by atoms with Gasteiger partial charge in [-0.2, -0.15) is 0 Å². The molecule has 2 atom stereocenters. The lowest BCUT2D eigenvalue weighted by molar-refractivity contribution is -0.122. The summed E-state index contributed by atoms with van der Waals surface area (Å²) >= 11 is 0. The van der Waals surface area contributed by atoms with E-state index >= 15 is 0 Å². The minimum Gasteiger partial charge on any atom is -0.390 e. The number of hydrogen-bond donors (Lipinski definition) is 2. The van der Waals surface area contributed by atoms with E-state index in [1.165, 1.54) is 0 Å². The van der Waals surface area contributed by atoms with Crippen LogP contribution in [0.4, 0.5) is 0 Å². The van der Waals surface area contributed by atoms with Crippen LogP contribution in [0.15, 0.2) is 54.6 Å². The number of benzene rings is 2. The molecule has 0 aliphatic heterocycles. The van der Waals surface area contributed by atoms with Gasteiger partial charge in [0.15, 0.2) is 5.78 Å². The third kappa shape index (κ3) is 3.48. The normalized spacial score (nSPS) is 19.2. The average molecular weight is 309 g/mol. The SMILES string of the molecule is O=C(CCC(=O)c1ccccc1)NC1c2ccccc2CC1O. The Hall–Kier alpha value is -2.46. The summed E-state index contributed by atoms with van der Waals surface area (Å²) in [5.74, 6) is -0.261. The molecule has 2 aromatic rings. The van der Waals surface area contributed by atoms with E-state index in [-0.39, 0.29) is 30.6 Å². The molecular weight excluding hydrogens is 290 g/mol. The van der Waals surface area contributed by atoms with Gasteiger partial charge in [0.05, 0.1) is 12.1 Å². The van der Waals surface area contributed by atoms with Crippen LogP contribution >= 0.6 is 0 Å². The maximum Gasteiger partial charge on any atom is 0.221 e. The Balaban J connectivity index is 1.57. The minimum absolute atomic E-state index is 0.0480. The second-order valence-electron chi connectivity index (χ2n) is 5.80. The Labute approximate surface area is 135 Å². The zero-order valence-corrected chi connectivity index (χ0v) is 12.7. The van der Waals surface area contributed by atoms with Gasteiger partial charge in [-0.25, -0.2) is 0 Å². The molecule has 4 heteroatoms. The number of aliphatic hydroxyl groups is 1. The molecule has 1 aliphatic rings. The van der Waals surface area contributed by atoms with Gasteiger partial charge in [-0.3, -0.25) is 9.59 Å². The Bertz CT molecular complexity index is 712. The van der Waals surface area contributed by atoms with Crippen LogP contribution in [0.1, 0.15) is 40.4 Å². The summed E-state index contributed by atoms with van der Waals surface area (Å²) in [5, 5.41) is 13.0. The molecule has 2 aromatic carbocycles. The molecule has 1 aliphatic carbocycles. The summed E-state index contributed by atoms with van der Waals surface area (Å²) in [6.07, 6.45) is 0.227. The van der Waals surface area contributed by atoms with E-state index in [1.54, 1.807) is 24.3 Å². The molecule has 0 saturated carbocycles. The van der Waals surface area contributed by atoms with Crippen LogP contribution in [0.5, 0.6) is 0 Å². The molecule has 2 N–H and O–H groups in total. The Morgan fingerprint density at radius 3 is 2.48 bits per heavy atom. The van der Waals surface area contributed by atoms with E-state index < -0.39 is 6.10 Å². The topological polar surface area (TPSA) is 66.4 Å². The first-order valence-electron chi connectivity index (χ1n) is 7.78. The van der Waals surface area contributed by atoms with Crippen LogP contribution in [-0.4, -0.2) is 22.9 Å². The largest absolute Gasteiger partial charge is 0.390 e. The molecule has 3 rings (SSSR count). The van der Waals surface area contributed by atoms with Crippen LogP contribution in [0.25, 0.3) is 0 Å². The fourth-order valence-corrected chi connectivity index (χ4v) is 2.99. The maximum absolute atomic E-state index is 12.1. The number of rotatable bonds is 5. The summed E-state index contributed by atoms with van der Waals surface area (Å²) in [5.41, 5.74) is 2.64. The maximum atomic E-state index is 12.1. The number of nitrogens with one attached hydrogen (secondary N) is 1. The second-order valence-corrected chi connectivity index (χ2v) is 5.80. The molecule has 0 saturated heterocycles. The number of carbonyl (C=O) groups excluding carboxylic acids is 2. The van der Waals surface area contributed by atoms with Gasteiger partial charge in [-0.05, 0) is 11.1 Å². The summed E-state index contributed by atoms with van der Waals surface area (Å²) in [7, 11) is 0. The van der Waals surface area contributed by atoms with Crippen LogP contribution in [0, 0.1) is 0 Å². The Morgan fingerprint density at radius 2 is 1.70 bits per heavy atom. The van der Waals surface area contributed by atoms with E-state index in [1.807, 2.05) is 30.3 Å². The lowest BCUT2D eigenvalue weighted by atomic mass is 10.1. The van der Waals surface area contributed by atoms with Crippen molar-refractivity contribution in [2.24, 2.45) is 0 Å². The summed E-state index contributed by atoms with van der Waals surface area (Å²) in [6, 6.07) is 16.3. The van der Waals surface area contributed by atoms with Crippen molar-refractivity contribution in [3.8, 4) is 0 Å². The molecule has 0 fully saturated rings. The van der Waals surface area contributed by atoms with Gasteiger partial charge in [0.2, 0.25) is 5.91 Å². The van der Waals surface area contributed by atoms with E-state index in [0.717, 1.165) is 11.1 Å². The molecular formula is C19H19NO3. The van der Waals surface area contributed by atoms with Gasteiger partial charge in [-0.15, -0.1) is 0 Å².